The van der Waals surface area contributed by atoms with Crippen LogP contribution in [0.5, 0.6) is 0 Å². The first-order chi connectivity index (χ1) is 8.98. The van der Waals surface area contributed by atoms with Gasteiger partial charge in [-0.05, 0) is 27.2 Å². The molecule has 114 valence electrons. The van der Waals surface area contributed by atoms with E-state index in [1.165, 1.54) is 0 Å². The molecule has 1 N–H and O–H groups in total. The number of carbonyl (C=O) groups excluding carboxylic acids is 1. The Hall–Kier alpha value is -0.993. The zero-order chi connectivity index (χ0) is 15.6. The molecule has 2 atom stereocenters. The van der Waals surface area contributed by atoms with Gasteiger partial charge in [-0.1, -0.05) is 19.6 Å². The van der Waals surface area contributed by atoms with E-state index >= 15 is 0 Å². The fraction of sp³-hybridized carbons (Fsp3) is 0.800. The van der Waals surface area contributed by atoms with Crippen molar-refractivity contribution in [2.45, 2.75) is 58.5 Å². The summed E-state index contributed by atoms with van der Waals surface area (Å²) >= 11 is 0. The van der Waals surface area contributed by atoms with Gasteiger partial charge in [-0.2, -0.15) is 0 Å². The molecule has 2 unspecified atom stereocenters. The number of nitrogens with zero attached hydrogens (tertiary/aromatic N) is 1. The summed E-state index contributed by atoms with van der Waals surface area (Å²) in [5.41, 5.74) is 2.80. The van der Waals surface area contributed by atoms with Crippen molar-refractivity contribution in [2.75, 3.05) is 13.1 Å². The minimum atomic E-state index is -1.42. The third-order valence-electron chi connectivity index (χ3n) is 2.87. The minimum absolute atomic E-state index is 0.0274. The number of piperidine rings is 1. The van der Waals surface area contributed by atoms with Gasteiger partial charge in [0.1, 0.15) is 13.7 Å². The van der Waals surface area contributed by atoms with E-state index in [1.54, 1.807) is 4.90 Å². The predicted molar refractivity (Wildman–Crippen MR) is 83.0 cm³/mol. The van der Waals surface area contributed by atoms with E-state index in [-0.39, 0.29) is 12.0 Å². The van der Waals surface area contributed by atoms with Crippen molar-refractivity contribution >= 4 is 14.2 Å². The highest BCUT2D eigenvalue weighted by Gasteiger charge is 2.31. The molecule has 1 aliphatic rings. The van der Waals surface area contributed by atoms with E-state index in [0.717, 1.165) is 0 Å². The Morgan fingerprint density at radius 3 is 2.40 bits per heavy atom. The SMILES string of the molecule is CC(C)(C)OC(=O)N1CCC(C#C[Si](C)(C)C)C(O)C1. The Kier molecular flexibility index (Phi) is 5.28. The van der Waals surface area contributed by atoms with Crippen LogP contribution in [0.3, 0.4) is 0 Å². The molecule has 1 heterocycles. The summed E-state index contributed by atoms with van der Waals surface area (Å²) in [7, 11) is -1.42. The summed E-state index contributed by atoms with van der Waals surface area (Å²) in [5.74, 6) is 3.17. The van der Waals surface area contributed by atoms with Crippen LogP contribution in [0.2, 0.25) is 19.6 Å². The van der Waals surface area contributed by atoms with Crippen LogP contribution in [0.25, 0.3) is 0 Å². The maximum atomic E-state index is 11.9. The average Bonchev–Trinajstić information content (AvgIpc) is 2.23. The molecule has 0 aromatic heterocycles. The first-order valence-corrected chi connectivity index (χ1v) is 10.7. The van der Waals surface area contributed by atoms with Crippen LogP contribution >= 0.6 is 0 Å². The van der Waals surface area contributed by atoms with Gasteiger partial charge in [0.2, 0.25) is 0 Å². The fourth-order valence-electron chi connectivity index (χ4n) is 1.90. The molecule has 1 fully saturated rings. The van der Waals surface area contributed by atoms with E-state index in [9.17, 15) is 9.90 Å². The van der Waals surface area contributed by atoms with E-state index < -0.39 is 19.8 Å². The molecule has 5 heteroatoms. The lowest BCUT2D eigenvalue weighted by molar-refractivity contribution is -0.00421. The van der Waals surface area contributed by atoms with E-state index in [0.29, 0.717) is 19.5 Å². The summed E-state index contributed by atoms with van der Waals surface area (Å²) in [5, 5.41) is 10.1. The molecule has 1 amide bonds. The third kappa shape index (κ3) is 5.97. The molecule has 1 aliphatic heterocycles. The second-order valence-corrected chi connectivity index (χ2v) is 12.2. The number of ether oxygens (including phenoxy) is 1. The van der Waals surface area contributed by atoms with Crippen molar-refractivity contribution in [2.24, 2.45) is 5.92 Å². The number of rotatable bonds is 0. The molecule has 0 radical (unpaired) electrons. The van der Waals surface area contributed by atoms with Crippen molar-refractivity contribution in [1.29, 1.82) is 0 Å². The van der Waals surface area contributed by atoms with Crippen LogP contribution in [-0.2, 0) is 4.74 Å². The highest BCUT2D eigenvalue weighted by Crippen LogP contribution is 2.20. The van der Waals surface area contributed by atoms with Gasteiger partial charge >= 0.3 is 6.09 Å². The number of aliphatic hydroxyl groups excluding tert-OH is 1. The first kappa shape index (κ1) is 17.1. The first-order valence-electron chi connectivity index (χ1n) is 7.17. The smallest absolute Gasteiger partial charge is 0.410 e. The second-order valence-electron chi connectivity index (χ2n) is 7.41. The number of aliphatic hydroxyl groups is 1. The van der Waals surface area contributed by atoms with Gasteiger partial charge in [0.25, 0.3) is 0 Å². The molecule has 0 spiro atoms. The van der Waals surface area contributed by atoms with Gasteiger partial charge in [-0.3, -0.25) is 0 Å². The van der Waals surface area contributed by atoms with Crippen LogP contribution in [0.4, 0.5) is 4.79 Å². The van der Waals surface area contributed by atoms with Crippen molar-refractivity contribution in [3.8, 4) is 11.5 Å². The maximum absolute atomic E-state index is 11.9. The third-order valence-corrected chi connectivity index (χ3v) is 3.76. The molecule has 1 rings (SSSR count). The van der Waals surface area contributed by atoms with Crippen molar-refractivity contribution in [3.63, 3.8) is 0 Å². The number of hydrogen-bond acceptors (Lipinski definition) is 3. The van der Waals surface area contributed by atoms with E-state index in [2.05, 4.69) is 31.1 Å². The van der Waals surface area contributed by atoms with E-state index in [4.69, 9.17) is 4.74 Å². The summed E-state index contributed by atoms with van der Waals surface area (Å²) in [6.45, 7) is 13.0. The van der Waals surface area contributed by atoms with Gasteiger partial charge in [0, 0.05) is 12.5 Å². The minimum Gasteiger partial charge on any atom is -0.444 e. The Labute approximate surface area is 123 Å². The monoisotopic (exact) mass is 297 g/mol. The number of hydrogen-bond donors (Lipinski definition) is 1. The summed E-state index contributed by atoms with van der Waals surface area (Å²) < 4.78 is 5.32. The predicted octanol–water partition coefficient (Wildman–Crippen LogP) is 2.49. The zero-order valence-electron chi connectivity index (χ0n) is 13.5. The number of likely N-dealkylation sites (tertiary alicyclic amines) is 1. The maximum Gasteiger partial charge on any atom is 0.410 e. The topological polar surface area (TPSA) is 49.8 Å². The van der Waals surface area contributed by atoms with E-state index in [1.807, 2.05) is 20.8 Å². The van der Waals surface area contributed by atoms with Gasteiger partial charge in [0.15, 0.2) is 0 Å². The Balaban J connectivity index is 2.59. The lowest BCUT2D eigenvalue weighted by atomic mass is 9.95. The van der Waals surface area contributed by atoms with Crippen molar-refractivity contribution in [1.82, 2.24) is 4.90 Å². The molecule has 4 nitrogen and oxygen atoms in total. The van der Waals surface area contributed by atoms with Crippen molar-refractivity contribution in [3.05, 3.63) is 0 Å². The molecule has 0 aliphatic carbocycles. The largest absolute Gasteiger partial charge is 0.444 e. The Morgan fingerprint density at radius 1 is 1.35 bits per heavy atom. The molecular formula is C15H27NO3Si. The zero-order valence-corrected chi connectivity index (χ0v) is 14.5. The average molecular weight is 297 g/mol. The highest BCUT2D eigenvalue weighted by atomic mass is 28.3. The second kappa shape index (κ2) is 6.19. The number of carbonyl (C=O) groups is 1. The Bertz CT molecular complexity index is 412. The van der Waals surface area contributed by atoms with Gasteiger partial charge in [0.05, 0.1) is 12.6 Å². The molecule has 0 bridgehead atoms. The van der Waals surface area contributed by atoms with Crippen LogP contribution in [-0.4, -0.2) is 49.0 Å². The van der Waals surface area contributed by atoms with Crippen LogP contribution in [0, 0.1) is 17.4 Å². The molecule has 0 aromatic rings. The van der Waals surface area contributed by atoms with Gasteiger partial charge in [-0.25, -0.2) is 4.79 Å². The standard InChI is InChI=1S/C15H27NO3Si/c1-15(2,3)19-14(18)16-9-7-12(13(17)11-16)8-10-20(4,5)6/h12-13,17H,7,9,11H2,1-6H3. The lowest BCUT2D eigenvalue weighted by Gasteiger charge is -2.35. The van der Waals surface area contributed by atoms with Gasteiger partial charge < -0.3 is 14.7 Å². The molecule has 20 heavy (non-hydrogen) atoms. The Morgan fingerprint density at radius 2 is 1.95 bits per heavy atom. The van der Waals surface area contributed by atoms with Crippen LogP contribution in [0.15, 0.2) is 0 Å². The number of β-amino-alcohol motifs (C(OH)–C–C–N with tert-alkyl or cyclic N) is 1. The summed E-state index contributed by atoms with van der Waals surface area (Å²) in [6.07, 6.45) is -0.231. The van der Waals surface area contributed by atoms with Crippen molar-refractivity contribution < 1.29 is 14.6 Å². The van der Waals surface area contributed by atoms with Crippen LogP contribution in [0.1, 0.15) is 27.2 Å². The summed E-state index contributed by atoms with van der Waals surface area (Å²) in [6, 6.07) is 0. The van der Waals surface area contributed by atoms with Gasteiger partial charge in [-0.15, -0.1) is 11.5 Å². The molecule has 0 aromatic carbocycles. The molecular weight excluding hydrogens is 270 g/mol. The molecule has 0 saturated carbocycles. The lowest BCUT2D eigenvalue weighted by Crippen LogP contribution is -2.48. The summed E-state index contributed by atoms with van der Waals surface area (Å²) in [4.78, 5) is 13.5. The number of amides is 1. The normalized spacial score (nSPS) is 23.9. The van der Waals surface area contributed by atoms with Crippen LogP contribution < -0.4 is 0 Å². The quantitative estimate of drug-likeness (QED) is 0.552. The fourth-order valence-corrected chi connectivity index (χ4v) is 2.52. The molecule has 1 saturated heterocycles. The highest BCUT2D eigenvalue weighted by molar-refractivity contribution is 6.83.